The molecular weight excluding hydrogens is 390 g/mol. The quantitative estimate of drug-likeness (QED) is 0.449. The molecular formula is C20H24ClN7O. The van der Waals surface area contributed by atoms with E-state index in [1.165, 1.54) is 4.68 Å². The Morgan fingerprint density at radius 1 is 1.21 bits per heavy atom. The second-order valence-electron chi connectivity index (χ2n) is 7.68. The maximum atomic E-state index is 12.7. The second kappa shape index (κ2) is 8.08. The fourth-order valence-corrected chi connectivity index (χ4v) is 2.83. The van der Waals surface area contributed by atoms with Crippen LogP contribution in [-0.2, 0) is 7.05 Å². The molecule has 3 rings (SSSR count). The third-order valence-corrected chi connectivity index (χ3v) is 4.15. The first kappa shape index (κ1) is 20.6. The van der Waals surface area contributed by atoms with Gasteiger partial charge in [0.15, 0.2) is 5.82 Å². The monoisotopic (exact) mass is 413 g/mol. The van der Waals surface area contributed by atoms with E-state index in [0.29, 0.717) is 22.5 Å². The molecule has 2 aromatic heterocycles. The molecule has 8 nitrogen and oxygen atoms in total. The number of benzene rings is 1. The van der Waals surface area contributed by atoms with Gasteiger partial charge in [-0.25, -0.2) is 4.99 Å². The summed E-state index contributed by atoms with van der Waals surface area (Å²) in [7, 11) is 1.72. The second-order valence-corrected chi connectivity index (χ2v) is 8.12. The van der Waals surface area contributed by atoms with Crippen molar-refractivity contribution >= 4 is 29.3 Å². The molecule has 3 N–H and O–H groups in total. The van der Waals surface area contributed by atoms with E-state index in [1.54, 1.807) is 13.1 Å². The molecule has 0 spiro atoms. The summed E-state index contributed by atoms with van der Waals surface area (Å²) in [5.41, 5.74) is 2.55. The number of anilines is 1. The minimum absolute atomic E-state index is 0.301. The van der Waals surface area contributed by atoms with Crippen molar-refractivity contribution in [2.45, 2.75) is 33.2 Å². The number of halogens is 1. The summed E-state index contributed by atoms with van der Waals surface area (Å²) < 4.78 is 1.53. The maximum Gasteiger partial charge on any atom is 0.276 e. The molecule has 29 heavy (non-hydrogen) atoms. The summed E-state index contributed by atoms with van der Waals surface area (Å²) in [6, 6.07) is 11.0. The van der Waals surface area contributed by atoms with Gasteiger partial charge in [-0.3, -0.25) is 19.9 Å². The molecule has 1 aromatic carbocycles. The first-order valence-electron chi connectivity index (χ1n) is 9.11. The number of hydrogen-bond acceptors (Lipinski definition) is 4. The van der Waals surface area contributed by atoms with Crippen molar-refractivity contribution in [2.24, 2.45) is 12.0 Å². The highest BCUT2D eigenvalue weighted by Crippen LogP contribution is 2.22. The average Bonchev–Trinajstić information content (AvgIpc) is 3.20. The Morgan fingerprint density at radius 2 is 1.90 bits per heavy atom. The maximum absolute atomic E-state index is 12.7. The van der Waals surface area contributed by atoms with Gasteiger partial charge >= 0.3 is 0 Å². The van der Waals surface area contributed by atoms with Crippen LogP contribution in [0.3, 0.4) is 0 Å². The van der Waals surface area contributed by atoms with Gasteiger partial charge in [-0.05, 0) is 51.5 Å². The van der Waals surface area contributed by atoms with E-state index >= 15 is 0 Å². The number of carbonyl (C=O) groups is 1. The van der Waals surface area contributed by atoms with Crippen molar-refractivity contribution in [3.8, 4) is 11.3 Å². The van der Waals surface area contributed by atoms with Crippen molar-refractivity contribution < 1.29 is 4.79 Å². The number of guanidine groups is 1. The number of nitrogens with zero attached hydrogens (tertiary/aromatic N) is 4. The van der Waals surface area contributed by atoms with Crippen molar-refractivity contribution in [1.29, 1.82) is 0 Å². The van der Waals surface area contributed by atoms with Gasteiger partial charge in [-0.2, -0.15) is 10.2 Å². The Morgan fingerprint density at radius 3 is 2.48 bits per heavy atom. The fourth-order valence-electron chi connectivity index (χ4n) is 2.70. The van der Waals surface area contributed by atoms with Crippen molar-refractivity contribution in [1.82, 2.24) is 25.3 Å². The van der Waals surface area contributed by atoms with E-state index in [9.17, 15) is 4.79 Å². The zero-order valence-corrected chi connectivity index (χ0v) is 17.8. The lowest BCUT2D eigenvalue weighted by molar-refractivity contribution is 0.0967. The number of aromatic nitrogens is 4. The van der Waals surface area contributed by atoms with Crippen molar-refractivity contribution in [3.63, 3.8) is 0 Å². The number of aromatic amines is 1. The van der Waals surface area contributed by atoms with E-state index in [0.717, 1.165) is 17.0 Å². The zero-order valence-electron chi connectivity index (χ0n) is 17.0. The normalized spacial score (nSPS) is 12.1. The molecule has 9 heteroatoms. The SMILES string of the molecule is Cc1cc(C(=O)NC(=NC(C)(C)C)Nc2cc(-c3ccc(Cl)cc3)[nH]n2)n(C)n1. The molecule has 0 aliphatic heterocycles. The summed E-state index contributed by atoms with van der Waals surface area (Å²) >= 11 is 5.95. The standard InChI is InChI=1S/C20H24ClN7O/c1-12-10-16(28(5)27-12)18(29)23-19(24-20(2,3)4)22-17-11-15(25-26-17)13-6-8-14(21)9-7-13/h6-11H,1-5H3,(H3,22,23,24,25,26,29). The van der Waals surface area contributed by atoms with Crippen molar-refractivity contribution in [2.75, 3.05) is 5.32 Å². The van der Waals surface area contributed by atoms with Gasteiger partial charge in [0, 0.05) is 18.1 Å². The first-order chi connectivity index (χ1) is 13.6. The molecule has 1 amide bonds. The van der Waals surface area contributed by atoms with Crippen LogP contribution in [0.25, 0.3) is 11.3 Å². The van der Waals surface area contributed by atoms with Crippen LogP contribution in [0.15, 0.2) is 41.4 Å². The third-order valence-electron chi connectivity index (χ3n) is 3.89. The van der Waals surface area contributed by atoms with Gasteiger partial charge in [0.25, 0.3) is 5.91 Å². The number of nitrogens with one attached hydrogen (secondary N) is 3. The lowest BCUT2D eigenvalue weighted by Crippen LogP contribution is -2.38. The Hall–Kier alpha value is -3.13. The van der Waals surface area contributed by atoms with Crippen LogP contribution in [0.2, 0.25) is 5.02 Å². The molecule has 152 valence electrons. The number of hydrogen-bond donors (Lipinski definition) is 3. The van der Waals surface area contributed by atoms with Crippen LogP contribution in [0, 0.1) is 6.92 Å². The molecule has 0 saturated heterocycles. The van der Waals surface area contributed by atoms with E-state index in [1.807, 2.05) is 58.0 Å². The molecule has 0 fully saturated rings. The van der Waals surface area contributed by atoms with E-state index in [2.05, 4.69) is 30.9 Å². The van der Waals surface area contributed by atoms with E-state index in [4.69, 9.17) is 11.6 Å². The molecule has 0 unspecified atom stereocenters. The molecule has 0 atom stereocenters. The fraction of sp³-hybridized carbons (Fsp3) is 0.300. The van der Waals surface area contributed by atoms with Crippen LogP contribution >= 0.6 is 11.6 Å². The summed E-state index contributed by atoms with van der Waals surface area (Å²) in [5, 5.41) is 18.0. The third kappa shape index (κ3) is 5.45. The minimum Gasteiger partial charge on any atom is -0.309 e. The van der Waals surface area contributed by atoms with Gasteiger partial charge in [-0.15, -0.1) is 0 Å². The number of carbonyl (C=O) groups excluding carboxylic acids is 1. The van der Waals surface area contributed by atoms with Gasteiger partial charge in [0.1, 0.15) is 5.69 Å². The van der Waals surface area contributed by atoms with Crippen molar-refractivity contribution in [3.05, 3.63) is 52.8 Å². The highest BCUT2D eigenvalue weighted by atomic mass is 35.5. The molecule has 0 radical (unpaired) electrons. The predicted octanol–water partition coefficient (Wildman–Crippen LogP) is 3.77. The summed E-state index contributed by atoms with van der Waals surface area (Å²) in [6.45, 7) is 7.66. The highest BCUT2D eigenvalue weighted by Gasteiger charge is 2.18. The average molecular weight is 414 g/mol. The summed E-state index contributed by atoms with van der Waals surface area (Å²) in [5.74, 6) is 0.520. The molecule has 0 aliphatic carbocycles. The van der Waals surface area contributed by atoms with Gasteiger partial charge < -0.3 is 5.32 Å². The lowest BCUT2D eigenvalue weighted by Gasteiger charge is -2.17. The molecule has 3 aromatic rings. The smallest absolute Gasteiger partial charge is 0.276 e. The molecule has 0 aliphatic rings. The number of H-pyrrole nitrogens is 1. The summed E-state index contributed by atoms with van der Waals surface area (Å²) in [4.78, 5) is 17.3. The Bertz CT molecular complexity index is 1040. The first-order valence-corrected chi connectivity index (χ1v) is 9.49. The Kier molecular flexibility index (Phi) is 5.74. The minimum atomic E-state index is -0.409. The lowest BCUT2D eigenvalue weighted by atomic mass is 10.1. The van der Waals surface area contributed by atoms with E-state index in [-0.39, 0.29) is 5.91 Å². The van der Waals surface area contributed by atoms with Crippen LogP contribution in [0.5, 0.6) is 0 Å². The van der Waals surface area contributed by atoms with Crippen LogP contribution in [-0.4, -0.2) is 37.4 Å². The summed E-state index contributed by atoms with van der Waals surface area (Å²) in [6.07, 6.45) is 0. The number of amides is 1. The highest BCUT2D eigenvalue weighted by molar-refractivity contribution is 6.30. The van der Waals surface area contributed by atoms with Crippen LogP contribution in [0.4, 0.5) is 5.82 Å². The van der Waals surface area contributed by atoms with Crippen LogP contribution < -0.4 is 10.6 Å². The van der Waals surface area contributed by atoms with Gasteiger partial charge in [-0.1, -0.05) is 23.7 Å². The molecule has 0 saturated carbocycles. The molecule has 2 heterocycles. The topological polar surface area (TPSA) is 100.0 Å². The van der Waals surface area contributed by atoms with Crippen LogP contribution in [0.1, 0.15) is 37.0 Å². The largest absolute Gasteiger partial charge is 0.309 e. The Balaban J connectivity index is 1.81. The van der Waals surface area contributed by atoms with E-state index < -0.39 is 5.54 Å². The Labute approximate surface area is 174 Å². The predicted molar refractivity (Wildman–Crippen MR) is 115 cm³/mol. The number of aryl methyl sites for hydroxylation is 2. The number of rotatable bonds is 3. The zero-order chi connectivity index (χ0) is 21.2. The number of aliphatic imine (C=N–C) groups is 1. The van der Waals surface area contributed by atoms with Gasteiger partial charge in [0.05, 0.1) is 16.9 Å². The van der Waals surface area contributed by atoms with Gasteiger partial charge in [0.2, 0.25) is 5.96 Å². The molecule has 0 bridgehead atoms.